The van der Waals surface area contributed by atoms with Crippen molar-refractivity contribution in [2.45, 2.75) is 55.6 Å². The molecule has 246 valence electrons. The van der Waals surface area contributed by atoms with E-state index < -0.39 is 28.5 Å². The smallest absolute Gasteiger partial charge is 0.264 e. The Bertz CT molecular complexity index is 1730. The molecule has 4 aromatic carbocycles. The van der Waals surface area contributed by atoms with Gasteiger partial charge in [0.15, 0.2) is 0 Å². The Morgan fingerprint density at radius 2 is 1.40 bits per heavy atom. The van der Waals surface area contributed by atoms with Gasteiger partial charge in [0.2, 0.25) is 11.8 Å². The fourth-order valence-corrected chi connectivity index (χ4v) is 7.36. The van der Waals surface area contributed by atoms with Crippen LogP contribution in [0.3, 0.4) is 0 Å². The van der Waals surface area contributed by atoms with Crippen LogP contribution in [0.1, 0.15) is 36.8 Å². The summed E-state index contributed by atoms with van der Waals surface area (Å²) in [6.07, 6.45) is 4.10. The van der Waals surface area contributed by atoms with Gasteiger partial charge in [-0.25, -0.2) is 8.42 Å². The molecule has 1 aliphatic carbocycles. The number of ether oxygens (including phenoxy) is 2. The van der Waals surface area contributed by atoms with Gasteiger partial charge in [0.05, 0.1) is 24.8 Å². The van der Waals surface area contributed by atoms with Crippen molar-refractivity contribution >= 4 is 27.5 Å². The molecule has 0 unspecified atom stereocenters. The first-order valence-corrected chi connectivity index (χ1v) is 17.2. The van der Waals surface area contributed by atoms with Gasteiger partial charge in [0.1, 0.15) is 24.1 Å². The van der Waals surface area contributed by atoms with Crippen LogP contribution in [0, 0.1) is 0 Å². The van der Waals surface area contributed by atoms with Crippen LogP contribution in [0.5, 0.6) is 11.5 Å². The number of nitrogens with one attached hydrogen (secondary N) is 1. The summed E-state index contributed by atoms with van der Waals surface area (Å²) in [6.45, 7) is -0.487. The maximum Gasteiger partial charge on any atom is 0.264 e. The molecule has 47 heavy (non-hydrogen) atoms. The van der Waals surface area contributed by atoms with Crippen LogP contribution in [-0.4, -0.2) is 58.0 Å². The fourth-order valence-electron chi connectivity index (χ4n) is 5.93. The molecular formula is C37H41N3O6S. The molecule has 0 bridgehead atoms. The summed E-state index contributed by atoms with van der Waals surface area (Å²) in [6, 6.07) is 30.8. The van der Waals surface area contributed by atoms with Crippen molar-refractivity contribution in [1.29, 1.82) is 0 Å². The van der Waals surface area contributed by atoms with Gasteiger partial charge in [0.25, 0.3) is 10.0 Å². The van der Waals surface area contributed by atoms with Crippen LogP contribution in [-0.2, 0) is 32.6 Å². The van der Waals surface area contributed by atoms with E-state index in [0.29, 0.717) is 5.75 Å². The van der Waals surface area contributed by atoms with Crippen molar-refractivity contribution in [3.8, 4) is 11.5 Å². The second kappa shape index (κ2) is 15.6. The van der Waals surface area contributed by atoms with Gasteiger partial charge in [-0.2, -0.15) is 0 Å². The van der Waals surface area contributed by atoms with Gasteiger partial charge in [-0.3, -0.25) is 13.9 Å². The maximum atomic E-state index is 14.7. The number of amides is 2. The molecular weight excluding hydrogens is 614 g/mol. The lowest BCUT2D eigenvalue weighted by atomic mass is 10.0. The minimum Gasteiger partial charge on any atom is -0.497 e. The maximum absolute atomic E-state index is 14.7. The second-order valence-electron chi connectivity index (χ2n) is 11.6. The molecule has 0 radical (unpaired) electrons. The lowest BCUT2D eigenvalue weighted by Gasteiger charge is -2.34. The fraction of sp³-hybridized carbons (Fsp3) is 0.297. The van der Waals surface area contributed by atoms with Gasteiger partial charge >= 0.3 is 0 Å². The SMILES string of the molecule is COc1ccc(OC)c(N(CC(=O)N(Cc2ccccc2)[C@@H](Cc2ccccc2)C(=O)NC2CCCC2)S(=O)(=O)c2ccccc2)c1. The molecule has 0 spiro atoms. The summed E-state index contributed by atoms with van der Waals surface area (Å²) >= 11 is 0. The Hall–Kier alpha value is -4.83. The third kappa shape index (κ3) is 8.31. The average molecular weight is 656 g/mol. The molecule has 0 saturated heterocycles. The van der Waals surface area contributed by atoms with E-state index in [0.717, 1.165) is 41.1 Å². The van der Waals surface area contributed by atoms with Crippen molar-refractivity contribution < 1.29 is 27.5 Å². The van der Waals surface area contributed by atoms with Gasteiger partial charge in [-0.05, 0) is 48.2 Å². The standard InChI is InChI=1S/C37H41N3O6S/c1-45-31-22-23-35(46-2)33(25-31)40(47(43,44)32-20-10-5-11-21-32)27-36(41)39(26-29-16-8-4-9-17-29)34(24-28-14-6-3-7-15-28)37(42)38-30-18-12-13-19-30/h3-11,14-17,20-23,25,30,34H,12-13,18-19,24,26-27H2,1-2H3,(H,38,42)/t34-/m0/s1. The predicted octanol–water partition coefficient (Wildman–Crippen LogP) is 5.60. The molecule has 10 heteroatoms. The predicted molar refractivity (Wildman–Crippen MR) is 182 cm³/mol. The summed E-state index contributed by atoms with van der Waals surface area (Å²) in [7, 11) is -1.37. The normalized spacial score (nSPS) is 13.8. The Morgan fingerprint density at radius 1 is 0.809 bits per heavy atom. The molecule has 4 aromatic rings. The Balaban J connectivity index is 1.60. The molecule has 0 aromatic heterocycles. The third-order valence-corrected chi connectivity index (χ3v) is 10.2. The van der Waals surface area contributed by atoms with Crippen LogP contribution in [0.25, 0.3) is 0 Å². The molecule has 5 rings (SSSR count). The van der Waals surface area contributed by atoms with Crippen molar-refractivity contribution in [3.63, 3.8) is 0 Å². The molecule has 1 N–H and O–H groups in total. The summed E-state index contributed by atoms with van der Waals surface area (Å²) in [5.41, 5.74) is 1.83. The number of hydrogen-bond donors (Lipinski definition) is 1. The molecule has 1 aliphatic rings. The second-order valence-corrected chi connectivity index (χ2v) is 13.4. The number of carbonyl (C=O) groups is 2. The zero-order valence-electron chi connectivity index (χ0n) is 26.7. The number of benzene rings is 4. The lowest BCUT2D eigenvalue weighted by Crippen LogP contribution is -2.54. The monoisotopic (exact) mass is 655 g/mol. The number of rotatable bonds is 14. The minimum absolute atomic E-state index is 0.00657. The molecule has 1 saturated carbocycles. The quantitative estimate of drug-likeness (QED) is 0.190. The minimum atomic E-state index is -4.29. The van der Waals surface area contributed by atoms with Crippen LogP contribution < -0.4 is 19.1 Å². The molecule has 0 heterocycles. The zero-order chi connectivity index (χ0) is 33.2. The molecule has 1 fully saturated rings. The average Bonchev–Trinajstić information content (AvgIpc) is 3.62. The largest absolute Gasteiger partial charge is 0.497 e. The highest BCUT2D eigenvalue weighted by Gasteiger charge is 2.36. The van der Waals surface area contributed by atoms with Crippen molar-refractivity contribution in [3.05, 3.63) is 120 Å². The van der Waals surface area contributed by atoms with E-state index in [1.807, 2.05) is 60.7 Å². The lowest BCUT2D eigenvalue weighted by molar-refractivity contribution is -0.140. The number of methoxy groups -OCH3 is 2. The van der Waals surface area contributed by atoms with Crippen LogP contribution >= 0.6 is 0 Å². The number of hydrogen-bond acceptors (Lipinski definition) is 6. The highest BCUT2D eigenvalue weighted by atomic mass is 32.2. The summed E-state index contributed by atoms with van der Waals surface area (Å²) in [5, 5.41) is 3.19. The van der Waals surface area contributed by atoms with E-state index in [-0.39, 0.29) is 41.2 Å². The van der Waals surface area contributed by atoms with Gasteiger partial charge in [0, 0.05) is 25.1 Å². The molecule has 0 aliphatic heterocycles. The molecule has 2 amide bonds. The highest BCUT2D eigenvalue weighted by Crippen LogP contribution is 2.36. The Labute approximate surface area is 277 Å². The van der Waals surface area contributed by atoms with Gasteiger partial charge in [-0.15, -0.1) is 0 Å². The number of carbonyl (C=O) groups excluding carboxylic acids is 2. The van der Waals surface area contributed by atoms with E-state index >= 15 is 0 Å². The van der Waals surface area contributed by atoms with E-state index in [9.17, 15) is 18.0 Å². The highest BCUT2D eigenvalue weighted by molar-refractivity contribution is 7.92. The first-order chi connectivity index (χ1) is 22.8. The molecule has 1 atom stereocenters. The number of nitrogens with zero attached hydrogens (tertiary/aromatic N) is 2. The topological polar surface area (TPSA) is 105 Å². The van der Waals surface area contributed by atoms with Gasteiger partial charge in [-0.1, -0.05) is 91.7 Å². The van der Waals surface area contributed by atoms with Crippen LogP contribution in [0.15, 0.2) is 114 Å². The van der Waals surface area contributed by atoms with Gasteiger partial charge < -0.3 is 19.7 Å². The summed E-state index contributed by atoms with van der Waals surface area (Å²) in [5.74, 6) is -0.171. The van der Waals surface area contributed by atoms with Crippen molar-refractivity contribution in [1.82, 2.24) is 10.2 Å². The van der Waals surface area contributed by atoms with Crippen molar-refractivity contribution in [2.75, 3.05) is 25.1 Å². The summed E-state index contributed by atoms with van der Waals surface area (Å²) < 4.78 is 40.7. The third-order valence-electron chi connectivity index (χ3n) is 8.43. The summed E-state index contributed by atoms with van der Waals surface area (Å²) in [4.78, 5) is 30.3. The Kier molecular flexibility index (Phi) is 11.2. The zero-order valence-corrected chi connectivity index (χ0v) is 27.6. The first kappa shape index (κ1) is 33.5. The Morgan fingerprint density at radius 3 is 2.00 bits per heavy atom. The first-order valence-electron chi connectivity index (χ1n) is 15.8. The van der Waals surface area contributed by atoms with E-state index in [1.54, 1.807) is 30.3 Å². The number of sulfonamides is 1. The van der Waals surface area contributed by atoms with E-state index in [2.05, 4.69) is 5.32 Å². The van der Waals surface area contributed by atoms with Crippen molar-refractivity contribution in [2.24, 2.45) is 0 Å². The van der Waals surface area contributed by atoms with E-state index in [1.165, 1.54) is 37.3 Å². The molecule has 9 nitrogen and oxygen atoms in total. The van der Waals surface area contributed by atoms with Crippen LogP contribution in [0.2, 0.25) is 0 Å². The number of anilines is 1. The van der Waals surface area contributed by atoms with Crippen LogP contribution in [0.4, 0.5) is 5.69 Å². The van der Waals surface area contributed by atoms with E-state index in [4.69, 9.17) is 9.47 Å².